The van der Waals surface area contributed by atoms with Crippen LogP contribution in [-0.4, -0.2) is 47.9 Å². The fourth-order valence-corrected chi connectivity index (χ4v) is 3.02. The Morgan fingerprint density at radius 2 is 2.00 bits per heavy atom. The molecule has 0 saturated carbocycles. The van der Waals surface area contributed by atoms with E-state index in [-0.39, 0.29) is 6.10 Å². The van der Waals surface area contributed by atoms with Crippen molar-refractivity contribution in [3.8, 4) is 0 Å². The van der Waals surface area contributed by atoms with Crippen molar-refractivity contribution in [1.82, 2.24) is 9.47 Å². The average Bonchev–Trinajstić information content (AvgIpc) is 2.69. The minimum Gasteiger partial charge on any atom is -0.390 e. The van der Waals surface area contributed by atoms with Crippen LogP contribution in [0.25, 0.3) is 10.9 Å². The van der Waals surface area contributed by atoms with Gasteiger partial charge in [-0.05, 0) is 52.0 Å². The number of benzene rings is 1. The van der Waals surface area contributed by atoms with Gasteiger partial charge in [0.15, 0.2) is 0 Å². The number of hydrogen-bond donors (Lipinski definition) is 2. The lowest BCUT2D eigenvalue weighted by Crippen LogP contribution is -2.29. The molecule has 0 bridgehead atoms. The molecule has 3 N–H and O–H groups in total. The number of para-hydroxylation sites is 1. The summed E-state index contributed by atoms with van der Waals surface area (Å²) >= 11 is 0. The first kappa shape index (κ1) is 16.0. The van der Waals surface area contributed by atoms with Gasteiger partial charge in [-0.2, -0.15) is 0 Å². The third kappa shape index (κ3) is 3.64. The molecule has 21 heavy (non-hydrogen) atoms. The van der Waals surface area contributed by atoms with E-state index >= 15 is 0 Å². The summed E-state index contributed by atoms with van der Waals surface area (Å²) in [6, 6.07) is 8.44. The molecule has 0 aliphatic carbocycles. The third-order valence-electron chi connectivity index (χ3n) is 3.96. The van der Waals surface area contributed by atoms with Crippen molar-refractivity contribution < 1.29 is 5.11 Å². The van der Waals surface area contributed by atoms with Crippen molar-refractivity contribution >= 4 is 10.9 Å². The SMILES string of the molecule is Cc1c(CCCN)c2ccccc2n1CC(O)CN(C)C. The van der Waals surface area contributed by atoms with Crippen molar-refractivity contribution in [2.45, 2.75) is 32.4 Å². The molecule has 0 spiro atoms. The van der Waals surface area contributed by atoms with E-state index in [1.807, 2.05) is 19.0 Å². The van der Waals surface area contributed by atoms with Gasteiger partial charge in [0, 0.05) is 23.1 Å². The Morgan fingerprint density at radius 1 is 1.29 bits per heavy atom. The van der Waals surface area contributed by atoms with E-state index < -0.39 is 0 Å². The van der Waals surface area contributed by atoms with Crippen LogP contribution in [0.15, 0.2) is 24.3 Å². The number of fused-ring (bicyclic) bond motifs is 1. The normalized spacial score (nSPS) is 13.2. The molecule has 116 valence electrons. The number of aryl methyl sites for hydroxylation is 1. The number of aliphatic hydroxyl groups is 1. The molecule has 1 atom stereocenters. The molecule has 1 unspecified atom stereocenters. The maximum Gasteiger partial charge on any atom is 0.0845 e. The van der Waals surface area contributed by atoms with E-state index in [0.717, 1.165) is 12.8 Å². The summed E-state index contributed by atoms with van der Waals surface area (Å²) in [7, 11) is 3.97. The Kier molecular flexibility index (Phi) is 5.39. The predicted octanol–water partition coefficient (Wildman–Crippen LogP) is 1.76. The summed E-state index contributed by atoms with van der Waals surface area (Å²) < 4.78 is 2.25. The molecule has 0 aliphatic rings. The van der Waals surface area contributed by atoms with Crippen LogP contribution in [0.1, 0.15) is 17.7 Å². The first-order valence-electron chi connectivity index (χ1n) is 7.64. The minimum atomic E-state index is -0.364. The van der Waals surface area contributed by atoms with Crippen molar-refractivity contribution in [3.05, 3.63) is 35.5 Å². The van der Waals surface area contributed by atoms with E-state index in [1.165, 1.54) is 22.2 Å². The van der Waals surface area contributed by atoms with Crippen molar-refractivity contribution in [1.29, 1.82) is 0 Å². The summed E-state index contributed by atoms with van der Waals surface area (Å²) in [5.41, 5.74) is 9.49. The highest BCUT2D eigenvalue weighted by molar-refractivity contribution is 5.85. The highest BCUT2D eigenvalue weighted by atomic mass is 16.3. The molecule has 0 radical (unpaired) electrons. The van der Waals surface area contributed by atoms with Crippen molar-refractivity contribution in [2.75, 3.05) is 27.2 Å². The molecule has 2 aromatic rings. The van der Waals surface area contributed by atoms with Crippen LogP contribution in [0.3, 0.4) is 0 Å². The molecule has 0 amide bonds. The second kappa shape index (κ2) is 7.07. The van der Waals surface area contributed by atoms with Gasteiger partial charge in [-0.1, -0.05) is 18.2 Å². The molecule has 0 fully saturated rings. The van der Waals surface area contributed by atoms with Crippen molar-refractivity contribution in [2.24, 2.45) is 5.73 Å². The summed E-state index contributed by atoms with van der Waals surface area (Å²) in [5.74, 6) is 0. The molecule has 1 heterocycles. The highest BCUT2D eigenvalue weighted by Crippen LogP contribution is 2.27. The molecule has 1 aromatic carbocycles. The molecule has 2 rings (SSSR count). The van der Waals surface area contributed by atoms with Crippen LogP contribution in [0, 0.1) is 6.92 Å². The first-order chi connectivity index (χ1) is 10.0. The monoisotopic (exact) mass is 289 g/mol. The average molecular weight is 289 g/mol. The van der Waals surface area contributed by atoms with Gasteiger partial charge in [0.05, 0.1) is 12.6 Å². The van der Waals surface area contributed by atoms with Gasteiger partial charge in [-0.15, -0.1) is 0 Å². The van der Waals surface area contributed by atoms with Crippen LogP contribution < -0.4 is 5.73 Å². The second-order valence-electron chi connectivity index (χ2n) is 6.00. The summed E-state index contributed by atoms with van der Waals surface area (Å²) in [6.07, 6.45) is 1.63. The van der Waals surface area contributed by atoms with Crippen LogP contribution in [0.5, 0.6) is 0 Å². The van der Waals surface area contributed by atoms with Gasteiger partial charge in [-0.3, -0.25) is 0 Å². The number of nitrogens with two attached hydrogens (primary N) is 1. The largest absolute Gasteiger partial charge is 0.390 e. The number of nitrogens with zero attached hydrogens (tertiary/aromatic N) is 2. The predicted molar refractivity (Wildman–Crippen MR) is 88.6 cm³/mol. The van der Waals surface area contributed by atoms with Gasteiger partial charge in [0.25, 0.3) is 0 Å². The summed E-state index contributed by atoms with van der Waals surface area (Å²) in [6.45, 7) is 4.16. The zero-order chi connectivity index (χ0) is 15.4. The zero-order valence-electron chi connectivity index (χ0n) is 13.3. The first-order valence-corrected chi connectivity index (χ1v) is 7.64. The topological polar surface area (TPSA) is 54.4 Å². The molecular weight excluding hydrogens is 262 g/mol. The maximum absolute atomic E-state index is 10.3. The van der Waals surface area contributed by atoms with E-state index in [9.17, 15) is 5.11 Å². The fraction of sp³-hybridized carbons (Fsp3) is 0.529. The minimum absolute atomic E-state index is 0.364. The number of hydrogen-bond acceptors (Lipinski definition) is 3. The molecule has 0 aliphatic heterocycles. The van der Waals surface area contributed by atoms with E-state index in [0.29, 0.717) is 19.6 Å². The molecule has 1 aromatic heterocycles. The Bertz CT molecular complexity index is 589. The fourth-order valence-electron chi connectivity index (χ4n) is 3.02. The zero-order valence-corrected chi connectivity index (χ0v) is 13.3. The van der Waals surface area contributed by atoms with Crippen LogP contribution in [0.2, 0.25) is 0 Å². The summed E-state index contributed by atoms with van der Waals surface area (Å²) in [4.78, 5) is 2.01. The Labute approximate surface area is 127 Å². The number of likely N-dealkylation sites (N-methyl/N-ethyl adjacent to an activating group) is 1. The lowest BCUT2D eigenvalue weighted by atomic mass is 10.1. The van der Waals surface area contributed by atoms with Crippen LogP contribution in [0.4, 0.5) is 0 Å². The highest BCUT2D eigenvalue weighted by Gasteiger charge is 2.16. The Morgan fingerprint density at radius 3 is 2.67 bits per heavy atom. The molecule has 4 nitrogen and oxygen atoms in total. The second-order valence-corrected chi connectivity index (χ2v) is 6.00. The Hall–Kier alpha value is -1.36. The Balaban J connectivity index is 2.36. The molecular formula is C17H27N3O. The summed E-state index contributed by atoms with van der Waals surface area (Å²) in [5, 5.41) is 11.6. The lowest BCUT2D eigenvalue weighted by Gasteiger charge is -2.18. The van der Waals surface area contributed by atoms with Crippen LogP contribution in [-0.2, 0) is 13.0 Å². The number of aromatic nitrogens is 1. The van der Waals surface area contributed by atoms with Gasteiger partial charge in [-0.25, -0.2) is 0 Å². The van der Waals surface area contributed by atoms with Crippen molar-refractivity contribution in [3.63, 3.8) is 0 Å². The van der Waals surface area contributed by atoms with Crippen LogP contribution >= 0.6 is 0 Å². The standard InChI is InChI=1S/C17H27N3O/c1-13-15(8-6-10-18)16-7-4-5-9-17(16)20(13)12-14(21)11-19(2)3/h4-5,7,9,14,21H,6,8,10-12,18H2,1-3H3. The number of rotatable bonds is 7. The molecule has 4 heteroatoms. The smallest absolute Gasteiger partial charge is 0.0845 e. The lowest BCUT2D eigenvalue weighted by molar-refractivity contribution is 0.120. The van der Waals surface area contributed by atoms with Gasteiger partial charge < -0.3 is 20.3 Å². The molecule has 0 saturated heterocycles. The van der Waals surface area contributed by atoms with Gasteiger partial charge >= 0.3 is 0 Å². The van der Waals surface area contributed by atoms with E-state index in [1.54, 1.807) is 0 Å². The van der Waals surface area contributed by atoms with Gasteiger partial charge in [0.1, 0.15) is 0 Å². The maximum atomic E-state index is 10.3. The number of aliphatic hydroxyl groups excluding tert-OH is 1. The third-order valence-corrected chi connectivity index (χ3v) is 3.96. The van der Waals surface area contributed by atoms with E-state index in [4.69, 9.17) is 5.73 Å². The van der Waals surface area contributed by atoms with E-state index in [2.05, 4.69) is 35.8 Å². The quantitative estimate of drug-likeness (QED) is 0.816. The van der Waals surface area contributed by atoms with Gasteiger partial charge in [0.2, 0.25) is 0 Å².